The minimum absolute atomic E-state index is 0.0404. The number of hydrogen-bond donors (Lipinski definition) is 1. The molecule has 2 atom stereocenters. The third kappa shape index (κ3) is 5.76. The van der Waals surface area contributed by atoms with E-state index in [1.165, 1.54) is 0 Å². The van der Waals surface area contributed by atoms with Crippen LogP contribution in [0.15, 0.2) is 36.4 Å². The topological polar surface area (TPSA) is 44.8 Å². The second kappa shape index (κ2) is 11.4. The smallest absolute Gasteiger partial charge is 0.226 e. The highest BCUT2D eigenvalue weighted by Crippen LogP contribution is 2.35. The zero-order valence-electron chi connectivity index (χ0n) is 19.7. The Morgan fingerprint density at radius 3 is 2.53 bits per heavy atom. The maximum absolute atomic E-state index is 13.1. The second-order valence-electron chi connectivity index (χ2n) is 9.24. The standard InChI is InChI=1S/C26H32Cl3N3O2/c1-17(22-7-5-19(27)14-24(22)29)30-25-15-20(6-8-23(25)28)31-12-9-18(10-13-31)26(33)32-11-3-4-21(32)16-34-2/h5-8,14-15,17-18,21,30H,3-4,9-13,16H2,1-2H3/t17-,21+/m1/s1. The fraction of sp³-hybridized carbons (Fsp3) is 0.500. The molecule has 184 valence electrons. The third-order valence-electron chi connectivity index (χ3n) is 6.98. The van der Waals surface area contributed by atoms with Crippen molar-refractivity contribution in [2.45, 2.75) is 44.7 Å². The van der Waals surface area contributed by atoms with Gasteiger partial charge in [0.15, 0.2) is 0 Å². The van der Waals surface area contributed by atoms with E-state index in [-0.39, 0.29) is 18.0 Å². The monoisotopic (exact) mass is 523 g/mol. The number of ether oxygens (including phenoxy) is 1. The predicted molar refractivity (Wildman–Crippen MR) is 141 cm³/mol. The molecule has 0 aliphatic carbocycles. The summed E-state index contributed by atoms with van der Waals surface area (Å²) in [6, 6.07) is 11.8. The van der Waals surface area contributed by atoms with Crippen LogP contribution >= 0.6 is 34.8 Å². The Labute approximate surface area is 217 Å². The van der Waals surface area contributed by atoms with E-state index in [2.05, 4.69) is 21.2 Å². The Kier molecular flexibility index (Phi) is 8.52. The van der Waals surface area contributed by atoms with Crippen LogP contribution in [0.4, 0.5) is 11.4 Å². The number of benzene rings is 2. The van der Waals surface area contributed by atoms with Crippen LogP contribution in [-0.2, 0) is 9.53 Å². The molecule has 1 amide bonds. The van der Waals surface area contributed by atoms with Gasteiger partial charge in [0.25, 0.3) is 0 Å². The molecule has 0 saturated carbocycles. The second-order valence-corrected chi connectivity index (χ2v) is 10.5. The van der Waals surface area contributed by atoms with Crippen LogP contribution in [0, 0.1) is 5.92 Å². The molecular formula is C26H32Cl3N3O2. The molecule has 2 aliphatic heterocycles. The number of methoxy groups -OCH3 is 1. The van der Waals surface area contributed by atoms with Crippen molar-refractivity contribution in [1.82, 2.24) is 4.90 Å². The number of rotatable bonds is 7. The van der Waals surface area contributed by atoms with Crippen molar-refractivity contribution in [1.29, 1.82) is 0 Å². The first kappa shape index (κ1) is 25.4. The lowest BCUT2D eigenvalue weighted by molar-refractivity contribution is -0.137. The van der Waals surface area contributed by atoms with E-state index in [1.807, 2.05) is 31.2 Å². The van der Waals surface area contributed by atoms with E-state index < -0.39 is 0 Å². The van der Waals surface area contributed by atoms with E-state index in [9.17, 15) is 4.79 Å². The lowest BCUT2D eigenvalue weighted by Crippen LogP contribution is -2.45. The van der Waals surface area contributed by atoms with Gasteiger partial charge in [-0.05, 0) is 68.5 Å². The molecule has 2 aromatic carbocycles. The van der Waals surface area contributed by atoms with Crippen LogP contribution in [0.5, 0.6) is 0 Å². The van der Waals surface area contributed by atoms with Gasteiger partial charge in [-0.3, -0.25) is 4.79 Å². The van der Waals surface area contributed by atoms with Crippen LogP contribution in [0.3, 0.4) is 0 Å². The molecule has 0 unspecified atom stereocenters. The fourth-order valence-electron chi connectivity index (χ4n) is 5.09. The van der Waals surface area contributed by atoms with Gasteiger partial charge in [0.1, 0.15) is 0 Å². The number of piperidine rings is 1. The summed E-state index contributed by atoms with van der Waals surface area (Å²) >= 11 is 18.9. The van der Waals surface area contributed by atoms with Crippen LogP contribution in [0.2, 0.25) is 15.1 Å². The lowest BCUT2D eigenvalue weighted by atomic mass is 9.94. The molecule has 0 bridgehead atoms. The quantitative estimate of drug-likeness (QED) is 0.439. The fourth-order valence-corrected chi connectivity index (χ4v) is 5.84. The third-order valence-corrected chi connectivity index (χ3v) is 7.87. The van der Waals surface area contributed by atoms with Crippen molar-refractivity contribution in [3.05, 3.63) is 57.0 Å². The number of hydrogen-bond acceptors (Lipinski definition) is 4. The number of likely N-dealkylation sites (tertiary alicyclic amines) is 1. The number of nitrogens with one attached hydrogen (secondary N) is 1. The van der Waals surface area contributed by atoms with E-state index in [0.717, 1.165) is 62.3 Å². The zero-order chi connectivity index (χ0) is 24.2. The zero-order valence-corrected chi connectivity index (χ0v) is 22.0. The normalized spacial score (nSPS) is 20.0. The largest absolute Gasteiger partial charge is 0.383 e. The summed E-state index contributed by atoms with van der Waals surface area (Å²) < 4.78 is 5.32. The van der Waals surface area contributed by atoms with Crippen molar-refractivity contribution >= 4 is 52.1 Å². The molecule has 2 aromatic rings. The van der Waals surface area contributed by atoms with Crippen molar-refractivity contribution in [2.75, 3.05) is 43.6 Å². The summed E-state index contributed by atoms with van der Waals surface area (Å²) in [7, 11) is 1.71. The maximum atomic E-state index is 13.1. The Hall–Kier alpha value is -1.66. The van der Waals surface area contributed by atoms with Gasteiger partial charge in [-0.25, -0.2) is 0 Å². The van der Waals surface area contributed by atoms with Gasteiger partial charge in [0.05, 0.1) is 29.4 Å². The van der Waals surface area contributed by atoms with Crippen molar-refractivity contribution in [2.24, 2.45) is 5.92 Å². The molecule has 8 heteroatoms. The molecular weight excluding hydrogens is 493 g/mol. The molecule has 2 aliphatic rings. The van der Waals surface area contributed by atoms with Crippen molar-refractivity contribution in [3.8, 4) is 0 Å². The average Bonchev–Trinajstić information content (AvgIpc) is 3.28. The van der Waals surface area contributed by atoms with Gasteiger partial charge in [0.2, 0.25) is 5.91 Å². The van der Waals surface area contributed by atoms with Gasteiger partial charge >= 0.3 is 0 Å². The van der Waals surface area contributed by atoms with E-state index in [1.54, 1.807) is 13.2 Å². The van der Waals surface area contributed by atoms with Crippen LogP contribution in [0.25, 0.3) is 0 Å². The summed E-state index contributed by atoms with van der Waals surface area (Å²) in [4.78, 5) is 17.5. The van der Waals surface area contributed by atoms with Crippen molar-refractivity contribution < 1.29 is 9.53 Å². The number of anilines is 2. The summed E-state index contributed by atoms with van der Waals surface area (Å²) in [6.45, 7) is 5.22. The molecule has 0 aromatic heterocycles. The molecule has 4 rings (SSSR count). The summed E-state index contributed by atoms with van der Waals surface area (Å²) in [5.74, 6) is 0.386. The Morgan fingerprint density at radius 1 is 1.06 bits per heavy atom. The number of nitrogens with zero attached hydrogens (tertiary/aromatic N) is 2. The molecule has 2 heterocycles. The van der Waals surface area contributed by atoms with Crippen LogP contribution < -0.4 is 10.2 Å². The summed E-state index contributed by atoms with van der Waals surface area (Å²) in [6.07, 6.45) is 3.83. The van der Waals surface area contributed by atoms with E-state index in [4.69, 9.17) is 39.5 Å². The van der Waals surface area contributed by atoms with E-state index in [0.29, 0.717) is 27.6 Å². The lowest BCUT2D eigenvalue weighted by Gasteiger charge is -2.36. The molecule has 2 fully saturated rings. The Bertz CT molecular complexity index is 1010. The molecule has 34 heavy (non-hydrogen) atoms. The first-order valence-electron chi connectivity index (χ1n) is 11.9. The van der Waals surface area contributed by atoms with Crippen LogP contribution in [-0.4, -0.2) is 50.2 Å². The summed E-state index contributed by atoms with van der Waals surface area (Å²) in [5, 5.41) is 5.38. The van der Waals surface area contributed by atoms with Gasteiger partial charge in [-0.1, -0.05) is 40.9 Å². The summed E-state index contributed by atoms with van der Waals surface area (Å²) in [5.41, 5.74) is 2.92. The first-order chi connectivity index (χ1) is 16.4. The molecule has 0 radical (unpaired) electrons. The van der Waals surface area contributed by atoms with Crippen molar-refractivity contribution in [3.63, 3.8) is 0 Å². The molecule has 2 saturated heterocycles. The van der Waals surface area contributed by atoms with E-state index >= 15 is 0 Å². The molecule has 0 spiro atoms. The first-order valence-corrected chi connectivity index (χ1v) is 13.1. The maximum Gasteiger partial charge on any atom is 0.226 e. The average molecular weight is 525 g/mol. The number of carbonyl (C=O) groups is 1. The number of halogens is 3. The number of amides is 1. The highest BCUT2D eigenvalue weighted by atomic mass is 35.5. The van der Waals surface area contributed by atoms with Gasteiger partial charge < -0.3 is 19.9 Å². The van der Waals surface area contributed by atoms with Gasteiger partial charge in [0, 0.05) is 48.4 Å². The minimum Gasteiger partial charge on any atom is -0.383 e. The predicted octanol–water partition coefficient (Wildman–Crippen LogP) is 6.67. The Balaban J connectivity index is 1.39. The molecule has 1 N–H and O–H groups in total. The highest BCUT2D eigenvalue weighted by Gasteiger charge is 2.34. The minimum atomic E-state index is -0.0404. The molecule has 5 nitrogen and oxygen atoms in total. The Morgan fingerprint density at radius 2 is 1.82 bits per heavy atom. The highest BCUT2D eigenvalue weighted by molar-refractivity contribution is 6.35. The van der Waals surface area contributed by atoms with Gasteiger partial charge in [-0.2, -0.15) is 0 Å². The SMILES string of the molecule is COC[C@@H]1CCCN1C(=O)C1CCN(c2ccc(Cl)c(N[C@H](C)c3ccc(Cl)cc3Cl)c2)CC1. The number of carbonyl (C=O) groups excluding carboxylic acids is 1. The van der Waals surface area contributed by atoms with Crippen LogP contribution in [0.1, 0.15) is 44.2 Å². The van der Waals surface area contributed by atoms with Gasteiger partial charge in [-0.15, -0.1) is 0 Å².